The average molecular weight is 353 g/mol. The van der Waals surface area contributed by atoms with Crippen LogP contribution in [0.2, 0.25) is 0 Å². The van der Waals surface area contributed by atoms with Crippen molar-refractivity contribution in [3.05, 3.63) is 29.8 Å². The Balaban J connectivity index is 2.01. The van der Waals surface area contributed by atoms with E-state index in [1.807, 2.05) is 24.0 Å². The van der Waals surface area contributed by atoms with Crippen molar-refractivity contribution in [1.29, 1.82) is 0 Å². The minimum Gasteiger partial charge on any atom is -0.481 e. The number of hydrogen-bond donors (Lipinski definition) is 1. The van der Waals surface area contributed by atoms with Gasteiger partial charge in [-0.05, 0) is 29.0 Å². The fourth-order valence-corrected chi connectivity index (χ4v) is 4.39. The van der Waals surface area contributed by atoms with E-state index < -0.39 is 21.7 Å². The molecule has 0 aliphatic carbocycles. The van der Waals surface area contributed by atoms with Gasteiger partial charge in [0.15, 0.2) is 9.84 Å². The lowest BCUT2D eigenvalue weighted by Crippen LogP contribution is -2.28. The number of likely N-dealkylation sites (tertiary alicyclic amines) is 1. The predicted molar refractivity (Wildman–Crippen MR) is 93.9 cm³/mol. The molecule has 5 nitrogen and oxygen atoms in total. The number of carbonyl (C=O) groups is 1. The van der Waals surface area contributed by atoms with Crippen LogP contribution in [0.25, 0.3) is 0 Å². The van der Waals surface area contributed by atoms with Crippen molar-refractivity contribution >= 4 is 15.8 Å². The SMILES string of the molecule is C[C@@H]1CN(CCS(=O)(=O)c2ccc(C(C)(C)C)cc2)C[C@H]1C(=O)O. The predicted octanol–water partition coefficient (Wildman–Crippen LogP) is 2.41. The Morgan fingerprint density at radius 3 is 2.25 bits per heavy atom. The molecule has 1 aromatic carbocycles. The Labute approximate surface area is 144 Å². The second kappa shape index (κ2) is 6.84. The van der Waals surface area contributed by atoms with Crippen molar-refractivity contribution in [3.8, 4) is 0 Å². The van der Waals surface area contributed by atoms with E-state index in [4.69, 9.17) is 5.11 Å². The van der Waals surface area contributed by atoms with Gasteiger partial charge in [-0.1, -0.05) is 39.8 Å². The van der Waals surface area contributed by atoms with E-state index in [1.54, 1.807) is 12.1 Å². The van der Waals surface area contributed by atoms with Crippen molar-refractivity contribution in [2.75, 3.05) is 25.4 Å². The molecule has 1 aliphatic heterocycles. The molecule has 1 saturated heterocycles. The summed E-state index contributed by atoms with van der Waals surface area (Å²) in [6.45, 7) is 9.60. The van der Waals surface area contributed by atoms with Gasteiger partial charge in [-0.15, -0.1) is 0 Å². The number of sulfone groups is 1. The molecule has 1 fully saturated rings. The van der Waals surface area contributed by atoms with Crippen LogP contribution in [-0.4, -0.2) is 49.8 Å². The van der Waals surface area contributed by atoms with Crippen LogP contribution in [0.15, 0.2) is 29.2 Å². The Kier molecular flexibility index (Phi) is 5.40. The molecule has 1 aliphatic rings. The molecule has 0 aromatic heterocycles. The maximum atomic E-state index is 12.5. The molecule has 0 saturated carbocycles. The topological polar surface area (TPSA) is 74.7 Å². The third-order valence-electron chi connectivity index (χ3n) is 4.76. The zero-order chi connectivity index (χ0) is 18.1. The van der Waals surface area contributed by atoms with Gasteiger partial charge in [-0.3, -0.25) is 4.79 Å². The molecular formula is C18H27NO4S. The van der Waals surface area contributed by atoms with Crippen molar-refractivity contribution in [2.45, 2.75) is 38.0 Å². The molecule has 1 N–H and O–H groups in total. The number of hydrogen-bond acceptors (Lipinski definition) is 4. The summed E-state index contributed by atoms with van der Waals surface area (Å²) in [6.07, 6.45) is 0. The van der Waals surface area contributed by atoms with Crippen LogP contribution in [0.5, 0.6) is 0 Å². The zero-order valence-electron chi connectivity index (χ0n) is 14.8. The molecule has 0 spiro atoms. The average Bonchev–Trinajstić information content (AvgIpc) is 2.86. The molecule has 0 bridgehead atoms. The molecule has 0 amide bonds. The lowest BCUT2D eigenvalue weighted by Gasteiger charge is -2.19. The smallest absolute Gasteiger partial charge is 0.308 e. The number of benzene rings is 1. The van der Waals surface area contributed by atoms with Crippen LogP contribution in [0.4, 0.5) is 0 Å². The summed E-state index contributed by atoms with van der Waals surface area (Å²) >= 11 is 0. The van der Waals surface area contributed by atoms with Gasteiger partial charge in [0.25, 0.3) is 0 Å². The van der Waals surface area contributed by atoms with E-state index in [0.717, 1.165) is 5.56 Å². The normalized spacial score (nSPS) is 22.7. The van der Waals surface area contributed by atoms with Crippen molar-refractivity contribution in [3.63, 3.8) is 0 Å². The molecule has 1 heterocycles. The van der Waals surface area contributed by atoms with Crippen LogP contribution in [0.1, 0.15) is 33.3 Å². The van der Waals surface area contributed by atoms with E-state index in [-0.39, 0.29) is 17.1 Å². The Morgan fingerprint density at radius 2 is 1.79 bits per heavy atom. The van der Waals surface area contributed by atoms with Gasteiger partial charge < -0.3 is 10.0 Å². The maximum Gasteiger partial charge on any atom is 0.308 e. The fraction of sp³-hybridized carbons (Fsp3) is 0.611. The van der Waals surface area contributed by atoms with Crippen LogP contribution in [0.3, 0.4) is 0 Å². The second-order valence-electron chi connectivity index (χ2n) is 7.77. The number of rotatable bonds is 5. The molecule has 24 heavy (non-hydrogen) atoms. The Bertz CT molecular complexity index is 689. The summed E-state index contributed by atoms with van der Waals surface area (Å²) in [5, 5.41) is 9.15. The number of carboxylic acids is 1. The van der Waals surface area contributed by atoms with Gasteiger partial charge in [0.1, 0.15) is 0 Å². The Hall–Kier alpha value is -1.40. The minimum atomic E-state index is -3.35. The number of carboxylic acid groups (broad SMARTS) is 1. The van der Waals surface area contributed by atoms with Crippen molar-refractivity contribution < 1.29 is 18.3 Å². The lowest BCUT2D eigenvalue weighted by atomic mass is 9.87. The van der Waals surface area contributed by atoms with Gasteiger partial charge in [0.2, 0.25) is 0 Å². The molecule has 6 heteroatoms. The highest BCUT2D eigenvalue weighted by Gasteiger charge is 2.35. The quantitative estimate of drug-likeness (QED) is 0.880. The molecule has 1 aromatic rings. The summed E-state index contributed by atoms with van der Waals surface area (Å²) in [5.41, 5.74) is 1.08. The van der Waals surface area contributed by atoms with Gasteiger partial charge in [-0.25, -0.2) is 8.42 Å². The van der Waals surface area contributed by atoms with E-state index in [0.29, 0.717) is 24.5 Å². The first-order valence-electron chi connectivity index (χ1n) is 8.29. The van der Waals surface area contributed by atoms with Gasteiger partial charge in [0, 0.05) is 19.6 Å². The highest BCUT2D eigenvalue weighted by Crippen LogP contribution is 2.25. The highest BCUT2D eigenvalue weighted by atomic mass is 32.2. The minimum absolute atomic E-state index is 0.0141. The second-order valence-corrected chi connectivity index (χ2v) is 9.88. The summed E-state index contributed by atoms with van der Waals surface area (Å²) in [6, 6.07) is 7.07. The van der Waals surface area contributed by atoms with Crippen LogP contribution >= 0.6 is 0 Å². The number of aliphatic carboxylic acids is 1. The molecule has 0 unspecified atom stereocenters. The summed E-state index contributed by atoms with van der Waals surface area (Å²) in [7, 11) is -3.35. The maximum absolute atomic E-state index is 12.5. The monoisotopic (exact) mass is 353 g/mol. The third kappa shape index (κ3) is 4.36. The zero-order valence-corrected chi connectivity index (χ0v) is 15.6. The largest absolute Gasteiger partial charge is 0.481 e. The van der Waals surface area contributed by atoms with E-state index >= 15 is 0 Å². The van der Waals surface area contributed by atoms with E-state index in [9.17, 15) is 13.2 Å². The van der Waals surface area contributed by atoms with Crippen LogP contribution < -0.4 is 0 Å². The van der Waals surface area contributed by atoms with Crippen LogP contribution in [-0.2, 0) is 20.0 Å². The third-order valence-corrected chi connectivity index (χ3v) is 6.47. The van der Waals surface area contributed by atoms with Crippen molar-refractivity contribution in [2.24, 2.45) is 11.8 Å². The van der Waals surface area contributed by atoms with E-state index in [2.05, 4.69) is 20.8 Å². The summed E-state index contributed by atoms with van der Waals surface area (Å²) < 4.78 is 25.0. The number of nitrogens with zero attached hydrogens (tertiary/aromatic N) is 1. The molecular weight excluding hydrogens is 326 g/mol. The molecule has 134 valence electrons. The lowest BCUT2D eigenvalue weighted by molar-refractivity contribution is -0.142. The highest BCUT2D eigenvalue weighted by molar-refractivity contribution is 7.91. The molecule has 0 radical (unpaired) electrons. The molecule has 2 rings (SSSR count). The standard InChI is InChI=1S/C18H27NO4S/c1-13-11-19(12-16(13)17(20)21)9-10-24(22,23)15-7-5-14(6-8-15)18(2,3)4/h5-8,13,16H,9-12H2,1-4H3,(H,20,21)/t13-,16-/m1/s1. The molecule has 2 atom stereocenters. The van der Waals surface area contributed by atoms with E-state index in [1.165, 1.54) is 0 Å². The summed E-state index contributed by atoms with van der Waals surface area (Å²) in [4.78, 5) is 13.4. The first-order valence-corrected chi connectivity index (χ1v) is 9.94. The van der Waals surface area contributed by atoms with Crippen molar-refractivity contribution in [1.82, 2.24) is 4.90 Å². The van der Waals surface area contributed by atoms with Gasteiger partial charge in [0.05, 0.1) is 16.6 Å². The first-order chi connectivity index (χ1) is 11.0. The first kappa shape index (κ1) is 18.9. The van der Waals surface area contributed by atoms with Gasteiger partial charge in [-0.2, -0.15) is 0 Å². The van der Waals surface area contributed by atoms with Gasteiger partial charge >= 0.3 is 5.97 Å². The fourth-order valence-electron chi connectivity index (χ4n) is 3.10. The van der Waals surface area contributed by atoms with Crippen LogP contribution in [0, 0.1) is 11.8 Å². The summed E-state index contributed by atoms with van der Waals surface area (Å²) in [5.74, 6) is -1.14. The Morgan fingerprint density at radius 1 is 1.21 bits per heavy atom.